The minimum Gasteiger partial charge on any atom is -0.341 e. The molecule has 0 bridgehead atoms. The summed E-state index contributed by atoms with van der Waals surface area (Å²) in [4.78, 5) is 14.4. The molecule has 0 unspecified atom stereocenters. The lowest BCUT2D eigenvalue weighted by Crippen LogP contribution is -2.29. The Hall–Kier alpha value is -1.92. The summed E-state index contributed by atoms with van der Waals surface area (Å²) in [6.07, 6.45) is 1.83. The molecule has 2 aliphatic heterocycles. The average molecular weight is 412 g/mol. The molecular weight excluding hydrogens is 390 g/mol. The lowest BCUT2D eigenvalue weighted by atomic mass is 10.0. The van der Waals surface area contributed by atoms with Crippen LogP contribution in [0.25, 0.3) is 11.2 Å². The van der Waals surface area contributed by atoms with Gasteiger partial charge in [0.1, 0.15) is 0 Å². The minimum atomic E-state index is 0.754. The van der Waals surface area contributed by atoms with Crippen LogP contribution in [0.1, 0.15) is 5.56 Å². The molecule has 5 nitrogen and oxygen atoms in total. The van der Waals surface area contributed by atoms with E-state index in [9.17, 15) is 0 Å². The molecule has 2 aromatic heterocycles. The van der Waals surface area contributed by atoms with Gasteiger partial charge in [0, 0.05) is 36.8 Å². The Kier molecular flexibility index (Phi) is 3.98. The van der Waals surface area contributed by atoms with Gasteiger partial charge in [0.25, 0.3) is 0 Å². The van der Waals surface area contributed by atoms with Crippen molar-refractivity contribution in [3.05, 3.63) is 52.6 Å². The number of anilines is 1. The molecule has 2 fully saturated rings. The summed E-state index contributed by atoms with van der Waals surface area (Å²) in [6, 6.07) is 12.7. The van der Waals surface area contributed by atoms with Gasteiger partial charge in [-0.1, -0.05) is 30.3 Å². The molecule has 0 saturated carbocycles. The second kappa shape index (κ2) is 6.35. The predicted octanol–water partition coefficient (Wildman–Crippen LogP) is 3.24. The van der Waals surface area contributed by atoms with Crippen molar-refractivity contribution in [2.24, 2.45) is 11.8 Å². The number of hydrogen-bond donors (Lipinski definition) is 0. The molecule has 0 aliphatic carbocycles. The highest BCUT2D eigenvalue weighted by Crippen LogP contribution is 2.34. The van der Waals surface area contributed by atoms with E-state index in [1.54, 1.807) is 0 Å². The summed E-state index contributed by atoms with van der Waals surface area (Å²) in [5.74, 6) is 2.57. The largest absolute Gasteiger partial charge is 0.341 e. The van der Waals surface area contributed by atoms with E-state index in [1.807, 2.05) is 6.20 Å². The van der Waals surface area contributed by atoms with Crippen LogP contribution in [-0.2, 0) is 6.54 Å². The average Bonchev–Trinajstić information content (AvgIpc) is 3.27. The summed E-state index contributed by atoms with van der Waals surface area (Å²) >= 11 is 3.57. The van der Waals surface area contributed by atoms with Crippen LogP contribution in [0.5, 0.6) is 0 Å². The molecule has 0 N–H and O–H groups in total. The fourth-order valence-electron chi connectivity index (χ4n) is 4.52. The predicted molar refractivity (Wildman–Crippen MR) is 107 cm³/mol. The third-order valence-electron chi connectivity index (χ3n) is 5.69. The van der Waals surface area contributed by atoms with E-state index in [1.165, 1.54) is 18.7 Å². The van der Waals surface area contributed by atoms with E-state index in [-0.39, 0.29) is 0 Å². The van der Waals surface area contributed by atoms with Crippen LogP contribution in [0.3, 0.4) is 0 Å². The van der Waals surface area contributed by atoms with Crippen LogP contribution >= 0.6 is 15.9 Å². The number of hydrogen-bond acceptors (Lipinski definition) is 4. The van der Waals surface area contributed by atoms with Crippen molar-refractivity contribution in [2.45, 2.75) is 6.54 Å². The Balaban J connectivity index is 1.55. The summed E-state index contributed by atoms with van der Waals surface area (Å²) in [7, 11) is 2.23. The molecule has 3 aromatic rings. The number of imidazole rings is 1. The summed E-state index contributed by atoms with van der Waals surface area (Å²) in [5.41, 5.74) is 3.20. The number of likely N-dealkylation sites (tertiary alicyclic amines) is 1. The third kappa shape index (κ3) is 2.81. The molecule has 6 heteroatoms. The highest BCUT2D eigenvalue weighted by molar-refractivity contribution is 9.10. The van der Waals surface area contributed by atoms with Gasteiger partial charge < -0.3 is 14.4 Å². The molecule has 2 aliphatic rings. The Labute approximate surface area is 161 Å². The number of benzene rings is 1. The van der Waals surface area contributed by atoms with E-state index in [0.717, 1.165) is 53.1 Å². The van der Waals surface area contributed by atoms with E-state index < -0.39 is 0 Å². The number of nitrogens with zero attached hydrogens (tertiary/aromatic N) is 5. The van der Waals surface area contributed by atoms with E-state index in [4.69, 9.17) is 4.98 Å². The third-order valence-corrected chi connectivity index (χ3v) is 6.12. The molecule has 2 atom stereocenters. The first-order valence-corrected chi connectivity index (χ1v) is 9.96. The van der Waals surface area contributed by atoms with Crippen LogP contribution in [-0.4, -0.2) is 52.7 Å². The first-order valence-electron chi connectivity index (χ1n) is 9.16. The maximum atomic E-state index is 4.92. The van der Waals surface area contributed by atoms with Crippen LogP contribution < -0.4 is 4.90 Å². The smallest absolute Gasteiger partial charge is 0.208 e. The van der Waals surface area contributed by atoms with Gasteiger partial charge >= 0.3 is 0 Å². The van der Waals surface area contributed by atoms with Crippen molar-refractivity contribution in [3.63, 3.8) is 0 Å². The maximum Gasteiger partial charge on any atom is 0.208 e. The van der Waals surface area contributed by atoms with Crippen LogP contribution in [0.15, 0.2) is 47.1 Å². The highest BCUT2D eigenvalue weighted by Gasteiger charge is 2.40. The quantitative estimate of drug-likeness (QED) is 0.662. The van der Waals surface area contributed by atoms with Gasteiger partial charge in [-0.05, 0) is 46.4 Å². The summed E-state index contributed by atoms with van der Waals surface area (Å²) < 4.78 is 3.32. The van der Waals surface area contributed by atoms with Gasteiger partial charge in [0.05, 0.1) is 12.1 Å². The van der Waals surface area contributed by atoms with Gasteiger partial charge in [-0.15, -0.1) is 0 Å². The van der Waals surface area contributed by atoms with Crippen molar-refractivity contribution in [1.82, 2.24) is 19.4 Å². The topological polar surface area (TPSA) is 37.2 Å². The number of aromatic nitrogens is 3. The molecule has 4 heterocycles. The standard InChI is InChI=1S/C20H22BrN5/c1-24-10-15-12-25(13-16(15)11-24)20-23-19-18(7-17(21)8-22-19)26(20)9-14-5-3-2-4-6-14/h2-8,15-16H,9-13H2,1H3/t15-,16+. The monoisotopic (exact) mass is 411 g/mol. The van der Waals surface area contributed by atoms with Crippen molar-refractivity contribution < 1.29 is 0 Å². The molecule has 134 valence electrons. The van der Waals surface area contributed by atoms with Crippen LogP contribution in [0, 0.1) is 11.8 Å². The SMILES string of the molecule is CN1C[C@@H]2CN(c3nc4ncc(Br)cc4n3Cc3ccccc3)C[C@@H]2C1. The molecular formula is C20H22BrN5. The second-order valence-corrected chi connectivity index (χ2v) is 8.54. The molecule has 2 saturated heterocycles. The molecule has 1 aromatic carbocycles. The fraction of sp³-hybridized carbons (Fsp3) is 0.400. The van der Waals surface area contributed by atoms with Gasteiger partial charge in [-0.2, -0.15) is 4.98 Å². The zero-order valence-corrected chi connectivity index (χ0v) is 16.4. The first-order chi connectivity index (χ1) is 12.7. The van der Waals surface area contributed by atoms with Gasteiger partial charge in [0.2, 0.25) is 5.95 Å². The van der Waals surface area contributed by atoms with Crippen molar-refractivity contribution in [2.75, 3.05) is 38.1 Å². The first kappa shape index (κ1) is 16.3. The number of pyridine rings is 1. The Morgan fingerprint density at radius 1 is 1.08 bits per heavy atom. The Bertz CT molecular complexity index is 924. The Morgan fingerprint density at radius 3 is 2.54 bits per heavy atom. The number of rotatable bonds is 3. The van der Waals surface area contributed by atoms with Gasteiger partial charge in [-0.3, -0.25) is 0 Å². The second-order valence-electron chi connectivity index (χ2n) is 7.63. The zero-order valence-electron chi connectivity index (χ0n) is 14.8. The molecule has 5 rings (SSSR count). The van der Waals surface area contributed by atoms with Crippen molar-refractivity contribution in [3.8, 4) is 0 Å². The lowest BCUT2D eigenvalue weighted by Gasteiger charge is -2.21. The molecule has 26 heavy (non-hydrogen) atoms. The summed E-state index contributed by atoms with van der Waals surface area (Å²) in [6.45, 7) is 5.40. The highest BCUT2D eigenvalue weighted by atomic mass is 79.9. The van der Waals surface area contributed by atoms with Gasteiger partial charge in [-0.25, -0.2) is 4.98 Å². The normalized spacial score (nSPS) is 23.1. The minimum absolute atomic E-state index is 0.754. The number of halogens is 1. The van der Waals surface area contributed by atoms with E-state index in [0.29, 0.717) is 0 Å². The van der Waals surface area contributed by atoms with Crippen LogP contribution in [0.4, 0.5) is 5.95 Å². The van der Waals surface area contributed by atoms with Crippen LogP contribution in [0.2, 0.25) is 0 Å². The number of fused-ring (bicyclic) bond motifs is 2. The molecule has 0 amide bonds. The Morgan fingerprint density at radius 2 is 1.81 bits per heavy atom. The maximum absolute atomic E-state index is 4.92. The molecule has 0 spiro atoms. The lowest BCUT2D eigenvalue weighted by molar-refractivity contribution is 0.386. The molecule has 0 radical (unpaired) electrons. The van der Waals surface area contributed by atoms with E-state index >= 15 is 0 Å². The zero-order chi connectivity index (χ0) is 17.7. The van der Waals surface area contributed by atoms with E-state index in [2.05, 4.69) is 78.7 Å². The van der Waals surface area contributed by atoms with Gasteiger partial charge in [0.15, 0.2) is 5.65 Å². The summed E-state index contributed by atoms with van der Waals surface area (Å²) in [5, 5.41) is 0. The van der Waals surface area contributed by atoms with Crippen molar-refractivity contribution in [1.29, 1.82) is 0 Å². The van der Waals surface area contributed by atoms with Crippen molar-refractivity contribution >= 4 is 33.0 Å². The fourth-order valence-corrected chi connectivity index (χ4v) is 4.84.